The van der Waals surface area contributed by atoms with E-state index in [1.54, 1.807) is 0 Å². The highest BCUT2D eigenvalue weighted by atomic mass is 35.5. The summed E-state index contributed by atoms with van der Waals surface area (Å²) in [5.41, 5.74) is 4.73. The number of aromatic nitrogens is 5. The summed E-state index contributed by atoms with van der Waals surface area (Å²) in [5, 5.41) is 18.4. The van der Waals surface area contributed by atoms with E-state index in [2.05, 4.69) is 54.6 Å². The molecule has 1 fully saturated rings. The minimum atomic E-state index is 0.540. The molecule has 2 aromatic carbocycles. The van der Waals surface area contributed by atoms with Crippen LogP contribution in [0.5, 0.6) is 0 Å². The van der Waals surface area contributed by atoms with Crippen LogP contribution in [0.25, 0.3) is 11.0 Å². The molecule has 7 nitrogen and oxygen atoms in total. The summed E-state index contributed by atoms with van der Waals surface area (Å²) in [5.74, 6) is 0.834. The number of piperazine rings is 1. The summed E-state index contributed by atoms with van der Waals surface area (Å²) in [6, 6.07) is 18.3. The first-order chi connectivity index (χ1) is 14.7. The maximum atomic E-state index is 6.38. The summed E-state index contributed by atoms with van der Waals surface area (Å²) in [7, 11) is 0. The van der Waals surface area contributed by atoms with E-state index in [0.717, 1.165) is 59.3 Å². The molecule has 0 radical (unpaired) electrons. The zero-order valence-corrected chi connectivity index (χ0v) is 17.5. The van der Waals surface area contributed by atoms with Gasteiger partial charge in [-0.25, -0.2) is 4.68 Å². The SMILES string of the molecule is Cc1nnc(N2CCN(c3ccccc3)CC2)c2c1nnn2Cc1ccccc1Cl. The second-order valence-electron chi connectivity index (χ2n) is 7.45. The van der Waals surface area contributed by atoms with E-state index in [9.17, 15) is 0 Å². The highest BCUT2D eigenvalue weighted by Gasteiger charge is 2.24. The maximum absolute atomic E-state index is 6.38. The Morgan fingerprint density at radius 1 is 0.833 bits per heavy atom. The second-order valence-corrected chi connectivity index (χ2v) is 7.86. The fourth-order valence-electron chi connectivity index (χ4n) is 3.92. The molecule has 1 aliphatic rings. The molecule has 1 aliphatic heterocycles. The lowest BCUT2D eigenvalue weighted by Crippen LogP contribution is -2.47. The summed E-state index contributed by atoms with van der Waals surface area (Å²) in [4.78, 5) is 4.68. The Hall–Kier alpha value is -3.19. The largest absolute Gasteiger partial charge is 0.368 e. The third kappa shape index (κ3) is 3.45. The average molecular weight is 420 g/mol. The number of halogens is 1. The average Bonchev–Trinajstić information content (AvgIpc) is 3.21. The number of aryl methyl sites for hydroxylation is 1. The molecule has 0 aliphatic carbocycles. The predicted molar refractivity (Wildman–Crippen MR) is 119 cm³/mol. The van der Waals surface area contributed by atoms with Gasteiger partial charge in [0.05, 0.1) is 12.2 Å². The molecule has 0 unspecified atom stereocenters. The Morgan fingerprint density at radius 2 is 1.53 bits per heavy atom. The molecule has 8 heteroatoms. The first kappa shape index (κ1) is 18.8. The van der Waals surface area contributed by atoms with Gasteiger partial charge in [0.1, 0.15) is 11.0 Å². The van der Waals surface area contributed by atoms with Crippen LogP contribution in [0.1, 0.15) is 11.3 Å². The normalized spacial score (nSPS) is 14.5. The quantitative estimate of drug-likeness (QED) is 0.504. The molecule has 30 heavy (non-hydrogen) atoms. The molecule has 0 N–H and O–H groups in total. The van der Waals surface area contributed by atoms with Gasteiger partial charge in [0.15, 0.2) is 5.82 Å². The van der Waals surface area contributed by atoms with E-state index >= 15 is 0 Å². The van der Waals surface area contributed by atoms with Gasteiger partial charge in [0.2, 0.25) is 0 Å². The van der Waals surface area contributed by atoms with E-state index in [0.29, 0.717) is 6.54 Å². The summed E-state index contributed by atoms with van der Waals surface area (Å²) < 4.78 is 1.89. The van der Waals surface area contributed by atoms with Crippen LogP contribution in [0.15, 0.2) is 54.6 Å². The predicted octanol–water partition coefficient (Wildman–Crippen LogP) is 3.56. The van der Waals surface area contributed by atoms with Gasteiger partial charge >= 0.3 is 0 Å². The van der Waals surface area contributed by atoms with E-state index in [1.165, 1.54) is 5.69 Å². The number of hydrogen-bond donors (Lipinski definition) is 0. The molecule has 2 aromatic heterocycles. The minimum Gasteiger partial charge on any atom is -0.368 e. The molecular weight excluding hydrogens is 398 g/mol. The van der Waals surface area contributed by atoms with E-state index in [-0.39, 0.29) is 0 Å². The third-order valence-electron chi connectivity index (χ3n) is 5.56. The summed E-state index contributed by atoms with van der Waals surface area (Å²) in [6.45, 7) is 6.03. The Labute approximate surface area is 179 Å². The van der Waals surface area contributed by atoms with Crippen LogP contribution in [-0.2, 0) is 6.54 Å². The fourth-order valence-corrected chi connectivity index (χ4v) is 4.12. The van der Waals surface area contributed by atoms with Crippen LogP contribution in [0.2, 0.25) is 5.02 Å². The van der Waals surface area contributed by atoms with Crippen molar-refractivity contribution in [3.05, 3.63) is 70.9 Å². The Morgan fingerprint density at radius 3 is 2.30 bits per heavy atom. The lowest BCUT2D eigenvalue weighted by atomic mass is 10.2. The number of nitrogens with zero attached hydrogens (tertiary/aromatic N) is 7. The maximum Gasteiger partial charge on any atom is 0.179 e. The van der Waals surface area contributed by atoms with Crippen molar-refractivity contribution in [2.45, 2.75) is 13.5 Å². The zero-order chi connectivity index (χ0) is 20.5. The van der Waals surface area contributed by atoms with Gasteiger partial charge in [-0.15, -0.1) is 10.2 Å². The minimum absolute atomic E-state index is 0.540. The lowest BCUT2D eigenvalue weighted by molar-refractivity contribution is 0.637. The third-order valence-corrected chi connectivity index (χ3v) is 5.93. The highest BCUT2D eigenvalue weighted by Crippen LogP contribution is 2.27. The molecule has 0 spiro atoms. The standard InChI is InChI=1S/C22H22ClN7/c1-16-20-21(30(27-25-20)15-17-7-5-6-10-19(17)23)22(26-24-16)29-13-11-28(12-14-29)18-8-3-2-4-9-18/h2-10H,11-15H2,1H3. The van der Waals surface area contributed by atoms with Gasteiger partial charge in [-0.05, 0) is 30.7 Å². The van der Waals surface area contributed by atoms with Crippen LogP contribution < -0.4 is 9.80 Å². The van der Waals surface area contributed by atoms with Crippen molar-refractivity contribution in [2.75, 3.05) is 36.0 Å². The number of hydrogen-bond acceptors (Lipinski definition) is 6. The monoisotopic (exact) mass is 419 g/mol. The number of benzene rings is 2. The Kier molecular flexibility index (Phi) is 4.96. The van der Waals surface area contributed by atoms with Gasteiger partial charge < -0.3 is 9.80 Å². The second kappa shape index (κ2) is 7.91. The molecule has 1 saturated heterocycles. The molecule has 5 rings (SSSR count). The molecule has 3 heterocycles. The van der Waals surface area contributed by atoms with Crippen LogP contribution in [0, 0.1) is 6.92 Å². The van der Waals surface area contributed by atoms with Crippen molar-refractivity contribution >= 4 is 34.1 Å². The molecule has 0 amide bonds. The van der Waals surface area contributed by atoms with Crippen molar-refractivity contribution in [1.82, 2.24) is 25.2 Å². The van der Waals surface area contributed by atoms with Gasteiger partial charge in [-0.2, -0.15) is 5.10 Å². The number of para-hydroxylation sites is 1. The smallest absolute Gasteiger partial charge is 0.179 e. The van der Waals surface area contributed by atoms with Crippen molar-refractivity contribution in [3.63, 3.8) is 0 Å². The number of fused-ring (bicyclic) bond motifs is 1. The number of rotatable bonds is 4. The lowest BCUT2D eigenvalue weighted by Gasteiger charge is -2.36. The van der Waals surface area contributed by atoms with Crippen molar-refractivity contribution < 1.29 is 0 Å². The van der Waals surface area contributed by atoms with E-state index in [4.69, 9.17) is 11.6 Å². The highest BCUT2D eigenvalue weighted by molar-refractivity contribution is 6.31. The van der Waals surface area contributed by atoms with Crippen LogP contribution in [0.3, 0.4) is 0 Å². The van der Waals surface area contributed by atoms with Gasteiger partial charge in [-0.3, -0.25) is 0 Å². The van der Waals surface area contributed by atoms with Crippen molar-refractivity contribution in [3.8, 4) is 0 Å². The van der Waals surface area contributed by atoms with Crippen LogP contribution in [-0.4, -0.2) is 51.4 Å². The summed E-state index contributed by atoms with van der Waals surface area (Å²) >= 11 is 6.38. The van der Waals surface area contributed by atoms with E-state index < -0.39 is 0 Å². The van der Waals surface area contributed by atoms with Gasteiger partial charge in [0, 0.05) is 36.9 Å². The van der Waals surface area contributed by atoms with Gasteiger partial charge in [-0.1, -0.05) is 53.2 Å². The van der Waals surface area contributed by atoms with Crippen molar-refractivity contribution in [1.29, 1.82) is 0 Å². The topological polar surface area (TPSA) is 63.0 Å². The Bertz CT molecular complexity index is 1170. The van der Waals surface area contributed by atoms with Crippen LogP contribution >= 0.6 is 11.6 Å². The van der Waals surface area contributed by atoms with Gasteiger partial charge in [0.25, 0.3) is 0 Å². The molecule has 0 bridgehead atoms. The molecule has 0 saturated carbocycles. The number of anilines is 2. The van der Waals surface area contributed by atoms with Crippen LogP contribution in [0.4, 0.5) is 11.5 Å². The molecular formula is C22H22ClN7. The zero-order valence-electron chi connectivity index (χ0n) is 16.7. The molecule has 152 valence electrons. The molecule has 4 aromatic rings. The summed E-state index contributed by atoms with van der Waals surface area (Å²) in [6.07, 6.45) is 0. The first-order valence-corrected chi connectivity index (χ1v) is 10.4. The van der Waals surface area contributed by atoms with Crippen molar-refractivity contribution in [2.24, 2.45) is 0 Å². The first-order valence-electron chi connectivity index (χ1n) is 10.1. The Balaban J connectivity index is 1.46. The molecule has 0 atom stereocenters. The fraction of sp³-hybridized carbons (Fsp3) is 0.273. The van der Waals surface area contributed by atoms with E-state index in [1.807, 2.05) is 41.9 Å².